The number of nitrogens with zero attached hydrogens (tertiary/aromatic N) is 1. The van der Waals surface area contributed by atoms with Crippen molar-refractivity contribution in [2.24, 2.45) is 0 Å². The second kappa shape index (κ2) is 7.11. The predicted octanol–water partition coefficient (Wildman–Crippen LogP) is 3.66. The number of amides is 1. The van der Waals surface area contributed by atoms with Gasteiger partial charge in [-0.05, 0) is 42.0 Å². The van der Waals surface area contributed by atoms with Crippen molar-refractivity contribution in [3.8, 4) is 5.75 Å². The zero-order valence-electron chi connectivity index (χ0n) is 15.0. The van der Waals surface area contributed by atoms with Crippen LogP contribution in [-0.2, 0) is 11.3 Å². The molecule has 3 aromatic rings. The molecule has 0 spiro atoms. The van der Waals surface area contributed by atoms with E-state index in [1.165, 1.54) is 23.5 Å². The van der Waals surface area contributed by atoms with Gasteiger partial charge in [0, 0.05) is 6.54 Å². The quantitative estimate of drug-likeness (QED) is 0.657. The highest BCUT2D eigenvalue weighted by Crippen LogP contribution is 2.40. The summed E-state index contributed by atoms with van der Waals surface area (Å²) >= 11 is 0. The summed E-state index contributed by atoms with van der Waals surface area (Å²) in [7, 11) is 1.57. The van der Waals surface area contributed by atoms with Gasteiger partial charge in [-0.15, -0.1) is 0 Å². The molecule has 1 aliphatic heterocycles. The van der Waals surface area contributed by atoms with Gasteiger partial charge < -0.3 is 23.6 Å². The lowest BCUT2D eigenvalue weighted by Gasteiger charge is -2.24. The zero-order valence-corrected chi connectivity index (χ0v) is 15.0. The van der Waals surface area contributed by atoms with Gasteiger partial charge >= 0.3 is 0 Å². The number of furan rings is 2. The molecular formula is C21H17NO6. The Kier molecular flexibility index (Phi) is 4.49. The molecule has 28 heavy (non-hydrogen) atoms. The van der Waals surface area contributed by atoms with Gasteiger partial charge in [0.25, 0.3) is 5.91 Å². The van der Waals surface area contributed by atoms with E-state index in [0.29, 0.717) is 11.5 Å². The van der Waals surface area contributed by atoms with E-state index >= 15 is 0 Å². The Hall–Kier alpha value is -3.74. The summed E-state index contributed by atoms with van der Waals surface area (Å²) in [6.45, 7) is 0.174. The first-order chi connectivity index (χ1) is 13.6. The Bertz CT molecular complexity index is 1020. The minimum absolute atomic E-state index is 0.0391. The van der Waals surface area contributed by atoms with E-state index in [1.54, 1.807) is 37.4 Å². The van der Waals surface area contributed by atoms with Gasteiger partial charge in [0.1, 0.15) is 17.6 Å². The van der Waals surface area contributed by atoms with Crippen LogP contribution in [0, 0.1) is 0 Å². The third-order valence-electron chi connectivity index (χ3n) is 4.62. The summed E-state index contributed by atoms with van der Waals surface area (Å²) in [6.07, 6.45) is 2.81. The lowest BCUT2D eigenvalue weighted by atomic mass is 9.99. The molecule has 0 saturated heterocycles. The monoisotopic (exact) mass is 379 g/mol. The van der Waals surface area contributed by atoms with Gasteiger partial charge in [-0.2, -0.15) is 0 Å². The molecule has 1 N–H and O–H groups in total. The first-order valence-electron chi connectivity index (χ1n) is 8.58. The molecule has 0 fully saturated rings. The normalized spacial score (nSPS) is 16.7. The van der Waals surface area contributed by atoms with Crippen LogP contribution in [-0.4, -0.2) is 28.8 Å². The molecule has 1 unspecified atom stereocenters. The van der Waals surface area contributed by atoms with Crippen molar-refractivity contribution >= 4 is 11.7 Å². The van der Waals surface area contributed by atoms with Crippen LogP contribution in [0.4, 0.5) is 0 Å². The van der Waals surface area contributed by atoms with Crippen LogP contribution >= 0.6 is 0 Å². The molecule has 1 amide bonds. The lowest BCUT2D eigenvalue weighted by Crippen LogP contribution is -2.30. The molecule has 142 valence electrons. The van der Waals surface area contributed by atoms with Crippen molar-refractivity contribution in [2.45, 2.75) is 12.6 Å². The molecule has 1 atom stereocenters. The first kappa shape index (κ1) is 17.7. The molecule has 0 radical (unpaired) electrons. The Morgan fingerprint density at radius 3 is 2.43 bits per heavy atom. The summed E-state index contributed by atoms with van der Waals surface area (Å²) in [6, 6.07) is 12.7. The van der Waals surface area contributed by atoms with Gasteiger partial charge in [0.15, 0.2) is 11.5 Å². The van der Waals surface area contributed by atoms with Crippen LogP contribution in [0.3, 0.4) is 0 Å². The molecule has 7 heteroatoms. The van der Waals surface area contributed by atoms with Crippen molar-refractivity contribution in [1.82, 2.24) is 4.90 Å². The molecule has 2 aromatic heterocycles. The van der Waals surface area contributed by atoms with Crippen molar-refractivity contribution in [2.75, 3.05) is 7.11 Å². The number of aliphatic hydroxyl groups excluding tert-OH is 1. The van der Waals surface area contributed by atoms with Crippen LogP contribution in [0.15, 0.2) is 81.2 Å². The summed E-state index contributed by atoms with van der Waals surface area (Å²) < 4.78 is 15.8. The molecule has 0 bridgehead atoms. The summed E-state index contributed by atoms with van der Waals surface area (Å²) in [5, 5.41) is 10.5. The Balaban J connectivity index is 1.72. The maximum Gasteiger partial charge on any atom is 0.290 e. The Labute approximate surface area is 160 Å². The number of methoxy groups -OCH3 is 1. The highest BCUT2D eigenvalue weighted by atomic mass is 16.5. The molecular weight excluding hydrogens is 362 g/mol. The van der Waals surface area contributed by atoms with Crippen LogP contribution in [0.5, 0.6) is 5.75 Å². The largest absolute Gasteiger partial charge is 0.503 e. The van der Waals surface area contributed by atoms with E-state index in [9.17, 15) is 14.7 Å². The summed E-state index contributed by atoms with van der Waals surface area (Å²) in [4.78, 5) is 27.1. The van der Waals surface area contributed by atoms with Crippen LogP contribution < -0.4 is 4.74 Å². The fourth-order valence-corrected chi connectivity index (χ4v) is 3.26. The third-order valence-corrected chi connectivity index (χ3v) is 4.62. The van der Waals surface area contributed by atoms with Gasteiger partial charge in [0.05, 0.1) is 25.2 Å². The van der Waals surface area contributed by atoms with Crippen molar-refractivity contribution < 1.29 is 28.3 Å². The van der Waals surface area contributed by atoms with E-state index in [2.05, 4.69) is 0 Å². The van der Waals surface area contributed by atoms with Crippen LogP contribution in [0.2, 0.25) is 0 Å². The van der Waals surface area contributed by atoms with Gasteiger partial charge in [0.2, 0.25) is 5.78 Å². The number of hydrogen-bond donors (Lipinski definition) is 1. The lowest BCUT2D eigenvalue weighted by molar-refractivity contribution is -0.130. The van der Waals surface area contributed by atoms with E-state index in [4.69, 9.17) is 13.6 Å². The highest BCUT2D eigenvalue weighted by Gasteiger charge is 2.45. The number of rotatable bonds is 6. The number of carbonyl (C=O) groups is 2. The highest BCUT2D eigenvalue weighted by molar-refractivity contribution is 6.14. The van der Waals surface area contributed by atoms with E-state index < -0.39 is 23.5 Å². The molecule has 4 rings (SSSR count). The SMILES string of the molecule is COc1ccc(CN2C(=O)C(O)=C(C(=O)c3ccco3)C2c2ccco2)cc1. The molecule has 3 heterocycles. The molecule has 0 aliphatic carbocycles. The van der Waals surface area contributed by atoms with E-state index in [1.807, 2.05) is 12.1 Å². The smallest absolute Gasteiger partial charge is 0.290 e. The maximum absolute atomic E-state index is 12.9. The topological polar surface area (TPSA) is 93.1 Å². The maximum atomic E-state index is 12.9. The summed E-state index contributed by atoms with van der Waals surface area (Å²) in [5.74, 6) is -0.704. The number of carbonyl (C=O) groups excluding carboxylic acids is 2. The second-order valence-electron chi connectivity index (χ2n) is 6.27. The average molecular weight is 379 g/mol. The number of aliphatic hydroxyl groups is 1. The third kappa shape index (κ3) is 2.96. The van der Waals surface area contributed by atoms with E-state index in [0.717, 1.165) is 5.56 Å². The number of hydrogen-bond acceptors (Lipinski definition) is 6. The molecule has 0 saturated carbocycles. The van der Waals surface area contributed by atoms with Crippen molar-refractivity contribution in [3.63, 3.8) is 0 Å². The first-order valence-corrected chi connectivity index (χ1v) is 8.58. The minimum atomic E-state index is -0.859. The Morgan fingerprint density at radius 2 is 1.82 bits per heavy atom. The molecule has 1 aromatic carbocycles. The molecule has 7 nitrogen and oxygen atoms in total. The van der Waals surface area contributed by atoms with Gasteiger partial charge in [-0.3, -0.25) is 9.59 Å². The van der Waals surface area contributed by atoms with Gasteiger partial charge in [-0.25, -0.2) is 0 Å². The van der Waals surface area contributed by atoms with Crippen molar-refractivity contribution in [3.05, 3.63) is 89.5 Å². The fraction of sp³-hybridized carbons (Fsp3) is 0.143. The average Bonchev–Trinajstić information content (AvgIpc) is 3.46. The van der Waals surface area contributed by atoms with Crippen LogP contribution in [0.1, 0.15) is 27.9 Å². The number of ketones is 1. The number of Topliss-reactive ketones (excluding diaryl/α,β-unsaturated/α-hetero) is 1. The standard InChI is InChI=1S/C21H17NO6/c1-26-14-8-6-13(7-9-14)12-22-18(15-4-2-10-27-15)17(20(24)21(22)25)19(23)16-5-3-11-28-16/h2-11,18,24H,12H2,1H3. The molecule has 1 aliphatic rings. The predicted molar refractivity (Wildman–Crippen MR) is 97.7 cm³/mol. The summed E-state index contributed by atoms with van der Waals surface area (Å²) in [5.41, 5.74) is 0.744. The number of ether oxygens (including phenoxy) is 1. The second-order valence-corrected chi connectivity index (χ2v) is 6.27. The Morgan fingerprint density at radius 1 is 1.11 bits per heavy atom. The van der Waals surface area contributed by atoms with E-state index in [-0.39, 0.29) is 17.9 Å². The zero-order chi connectivity index (χ0) is 19.7. The van der Waals surface area contributed by atoms with Crippen molar-refractivity contribution in [1.29, 1.82) is 0 Å². The van der Waals surface area contributed by atoms with Gasteiger partial charge in [-0.1, -0.05) is 12.1 Å². The van der Waals surface area contributed by atoms with Crippen LogP contribution in [0.25, 0.3) is 0 Å². The fourth-order valence-electron chi connectivity index (χ4n) is 3.26. The minimum Gasteiger partial charge on any atom is -0.503 e. The number of benzene rings is 1.